The Labute approximate surface area is 184 Å². The molecule has 0 bridgehead atoms. The Morgan fingerprint density at radius 2 is 1.71 bits per heavy atom. The Hall–Kier alpha value is -2.58. The monoisotopic (exact) mass is 446 g/mol. The number of nitrogens with one attached hydrogen (secondary N) is 1. The number of methoxy groups -OCH3 is 1. The lowest BCUT2D eigenvalue weighted by Crippen LogP contribution is -2.35. The van der Waals surface area contributed by atoms with Crippen LogP contribution in [0.1, 0.15) is 36.8 Å². The summed E-state index contributed by atoms with van der Waals surface area (Å²) < 4.78 is 38.7. The van der Waals surface area contributed by atoms with E-state index in [4.69, 9.17) is 9.47 Å². The number of ether oxygens (including phenoxy) is 2. The van der Waals surface area contributed by atoms with Crippen molar-refractivity contribution in [1.82, 2.24) is 4.31 Å². The predicted octanol–water partition coefficient (Wildman–Crippen LogP) is 3.89. The Balaban J connectivity index is 1.66. The normalized spacial score (nSPS) is 14.8. The van der Waals surface area contributed by atoms with Crippen molar-refractivity contribution in [2.24, 2.45) is 0 Å². The van der Waals surface area contributed by atoms with E-state index in [9.17, 15) is 13.2 Å². The van der Waals surface area contributed by atoms with E-state index < -0.39 is 10.0 Å². The van der Waals surface area contributed by atoms with Crippen molar-refractivity contribution in [3.63, 3.8) is 0 Å². The smallest absolute Gasteiger partial charge is 0.246 e. The molecule has 1 heterocycles. The second-order valence-electron chi connectivity index (χ2n) is 7.80. The number of hydrogen-bond acceptors (Lipinski definition) is 5. The Bertz CT molecular complexity index is 1010. The van der Waals surface area contributed by atoms with Crippen molar-refractivity contribution in [3.8, 4) is 11.5 Å². The largest absolute Gasteiger partial charge is 0.495 e. The van der Waals surface area contributed by atoms with Gasteiger partial charge in [0.1, 0.15) is 16.4 Å². The molecule has 0 unspecified atom stereocenters. The molecule has 8 heteroatoms. The molecule has 3 rings (SSSR count). The first-order valence-corrected chi connectivity index (χ1v) is 11.9. The van der Waals surface area contributed by atoms with Crippen LogP contribution >= 0.6 is 0 Å². The minimum absolute atomic E-state index is 0.0705. The molecule has 1 fully saturated rings. The van der Waals surface area contributed by atoms with Gasteiger partial charge in [-0.05, 0) is 68.1 Å². The number of amides is 1. The first-order chi connectivity index (χ1) is 14.8. The molecule has 0 saturated carbocycles. The fraction of sp³-hybridized carbons (Fsp3) is 0.435. The molecule has 0 aliphatic carbocycles. The molecule has 1 amide bonds. The Morgan fingerprint density at radius 3 is 2.35 bits per heavy atom. The molecule has 1 N–H and O–H groups in total. The van der Waals surface area contributed by atoms with Gasteiger partial charge >= 0.3 is 0 Å². The second-order valence-corrected chi connectivity index (χ2v) is 9.71. The highest BCUT2D eigenvalue weighted by molar-refractivity contribution is 7.89. The number of sulfonamides is 1. The highest BCUT2D eigenvalue weighted by Crippen LogP contribution is 2.31. The van der Waals surface area contributed by atoms with E-state index in [1.165, 1.54) is 17.5 Å². The standard InChI is InChI=1S/C23H30N2O5S/c1-17-13-18(2)15-20(14-17)30-12-9-23(26)24-19-7-8-21(29-3)22(16-19)31(27,28)25-10-5-4-6-11-25/h7-8,13-16H,4-6,9-12H2,1-3H3,(H,24,26). The molecule has 7 nitrogen and oxygen atoms in total. The van der Waals surface area contributed by atoms with E-state index >= 15 is 0 Å². The van der Waals surface area contributed by atoms with E-state index in [-0.39, 0.29) is 29.6 Å². The van der Waals surface area contributed by atoms with Crippen LogP contribution in [-0.4, -0.2) is 45.4 Å². The summed E-state index contributed by atoms with van der Waals surface area (Å²) in [6.45, 7) is 5.21. The molecular weight excluding hydrogens is 416 g/mol. The van der Waals surface area contributed by atoms with E-state index in [1.54, 1.807) is 12.1 Å². The first kappa shape index (κ1) is 23.1. The fourth-order valence-electron chi connectivity index (χ4n) is 3.70. The number of hydrogen-bond donors (Lipinski definition) is 1. The fourth-order valence-corrected chi connectivity index (χ4v) is 5.40. The molecule has 1 saturated heterocycles. The summed E-state index contributed by atoms with van der Waals surface area (Å²) in [5, 5.41) is 2.76. The summed E-state index contributed by atoms with van der Waals surface area (Å²) in [6, 6.07) is 10.6. The van der Waals surface area contributed by atoms with Crippen LogP contribution in [-0.2, 0) is 14.8 Å². The van der Waals surface area contributed by atoms with Gasteiger partial charge in [-0.1, -0.05) is 12.5 Å². The summed E-state index contributed by atoms with van der Waals surface area (Å²) >= 11 is 0. The van der Waals surface area contributed by atoms with E-state index in [0.29, 0.717) is 18.8 Å². The van der Waals surface area contributed by atoms with Crippen LogP contribution in [0.25, 0.3) is 0 Å². The number of nitrogens with zero attached hydrogens (tertiary/aromatic N) is 1. The number of carbonyl (C=O) groups is 1. The van der Waals surface area contributed by atoms with Crippen LogP contribution in [0.4, 0.5) is 5.69 Å². The van der Waals surface area contributed by atoms with Crippen LogP contribution in [0.3, 0.4) is 0 Å². The zero-order valence-electron chi connectivity index (χ0n) is 18.3. The van der Waals surface area contributed by atoms with E-state index in [2.05, 4.69) is 11.4 Å². The third kappa shape index (κ3) is 5.98. The molecule has 1 aliphatic heterocycles. The molecule has 0 spiro atoms. The van der Waals surface area contributed by atoms with Crippen molar-refractivity contribution >= 4 is 21.6 Å². The average Bonchev–Trinajstić information content (AvgIpc) is 2.73. The third-order valence-electron chi connectivity index (χ3n) is 5.17. The maximum Gasteiger partial charge on any atom is 0.246 e. The minimum atomic E-state index is -3.69. The van der Waals surface area contributed by atoms with Gasteiger partial charge in [0.2, 0.25) is 15.9 Å². The molecule has 1 aliphatic rings. The quantitative estimate of drug-likeness (QED) is 0.665. The summed E-state index contributed by atoms with van der Waals surface area (Å²) in [7, 11) is -2.25. The van der Waals surface area contributed by atoms with Crippen molar-refractivity contribution < 1.29 is 22.7 Å². The molecule has 168 valence electrons. The van der Waals surface area contributed by atoms with E-state index in [1.807, 2.05) is 26.0 Å². The van der Waals surface area contributed by atoms with Gasteiger partial charge in [-0.2, -0.15) is 4.31 Å². The minimum Gasteiger partial charge on any atom is -0.495 e. The Morgan fingerprint density at radius 1 is 1.03 bits per heavy atom. The topological polar surface area (TPSA) is 84.9 Å². The third-order valence-corrected chi connectivity index (χ3v) is 7.09. The van der Waals surface area contributed by atoms with Crippen molar-refractivity contribution in [2.75, 3.05) is 32.1 Å². The van der Waals surface area contributed by atoms with Crippen LogP contribution in [0, 0.1) is 13.8 Å². The van der Waals surface area contributed by atoms with Crippen molar-refractivity contribution in [1.29, 1.82) is 0 Å². The lowest BCUT2D eigenvalue weighted by molar-refractivity contribution is -0.116. The van der Waals surface area contributed by atoms with Gasteiger partial charge in [0.25, 0.3) is 0 Å². The van der Waals surface area contributed by atoms with Gasteiger partial charge in [-0.25, -0.2) is 8.42 Å². The zero-order valence-corrected chi connectivity index (χ0v) is 19.1. The second kappa shape index (κ2) is 10.2. The summed E-state index contributed by atoms with van der Waals surface area (Å²) in [5.74, 6) is 0.738. The van der Waals surface area contributed by atoms with Crippen LogP contribution in [0.2, 0.25) is 0 Å². The summed E-state index contributed by atoms with van der Waals surface area (Å²) in [6.07, 6.45) is 2.87. The number of anilines is 1. The maximum atomic E-state index is 13.1. The number of carbonyl (C=O) groups excluding carboxylic acids is 1. The molecule has 0 radical (unpaired) electrons. The molecular formula is C23H30N2O5S. The number of rotatable bonds is 8. The molecule has 2 aromatic rings. The number of aryl methyl sites for hydroxylation is 2. The Kier molecular flexibility index (Phi) is 7.56. The zero-order chi connectivity index (χ0) is 22.4. The van der Waals surface area contributed by atoms with Gasteiger partial charge in [0.15, 0.2) is 0 Å². The predicted molar refractivity (Wildman–Crippen MR) is 120 cm³/mol. The van der Waals surface area contributed by atoms with Gasteiger partial charge in [-0.15, -0.1) is 0 Å². The lowest BCUT2D eigenvalue weighted by Gasteiger charge is -2.26. The van der Waals surface area contributed by atoms with Gasteiger partial charge < -0.3 is 14.8 Å². The van der Waals surface area contributed by atoms with E-state index in [0.717, 1.165) is 36.1 Å². The number of benzene rings is 2. The maximum absolute atomic E-state index is 13.1. The SMILES string of the molecule is COc1ccc(NC(=O)CCOc2cc(C)cc(C)c2)cc1S(=O)(=O)N1CCCCC1. The molecule has 0 aromatic heterocycles. The number of piperidine rings is 1. The van der Waals surface area contributed by atoms with Crippen molar-refractivity contribution in [2.45, 2.75) is 44.4 Å². The van der Waals surface area contributed by atoms with Gasteiger partial charge in [-0.3, -0.25) is 4.79 Å². The summed E-state index contributed by atoms with van der Waals surface area (Å²) in [5.41, 5.74) is 2.60. The molecule has 0 atom stereocenters. The van der Waals surface area contributed by atoms with Gasteiger partial charge in [0.05, 0.1) is 20.1 Å². The lowest BCUT2D eigenvalue weighted by atomic mass is 10.1. The van der Waals surface area contributed by atoms with Gasteiger partial charge in [0, 0.05) is 18.8 Å². The average molecular weight is 447 g/mol. The van der Waals surface area contributed by atoms with Crippen LogP contribution in [0.5, 0.6) is 11.5 Å². The van der Waals surface area contributed by atoms with Crippen molar-refractivity contribution in [3.05, 3.63) is 47.5 Å². The molecule has 31 heavy (non-hydrogen) atoms. The van der Waals surface area contributed by atoms with Crippen LogP contribution in [0.15, 0.2) is 41.3 Å². The molecule has 2 aromatic carbocycles. The first-order valence-electron chi connectivity index (χ1n) is 10.5. The highest BCUT2D eigenvalue weighted by Gasteiger charge is 2.29. The highest BCUT2D eigenvalue weighted by atomic mass is 32.2. The summed E-state index contributed by atoms with van der Waals surface area (Å²) in [4.78, 5) is 12.4. The van der Waals surface area contributed by atoms with Crippen LogP contribution < -0.4 is 14.8 Å².